The van der Waals surface area contributed by atoms with Crippen LogP contribution in [0.3, 0.4) is 0 Å². The zero-order chi connectivity index (χ0) is 13.6. The molecule has 0 aromatic heterocycles. The van der Waals surface area contributed by atoms with Gasteiger partial charge in [0.1, 0.15) is 5.41 Å². The predicted octanol–water partition coefficient (Wildman–Crippen LogP) is 2.79. The van der Waals surface area contributed by atoms with Gasteiger partial charge in [-0.25, -0.2) is 0 Å². The van der Waals surface area contributed by atoms with E-state index in [9.17, 15) is 4.79 Å². The average Bonchev–Trinajstić information content (AvgIpc) is 2.37. The molecule has 0 saturated carbocycles. The summed E-state index contributed by atoms with van der Waals surface area (Å²) in [7, 11) is 3.04. The minimum atomic E-state index is -0.709. The van der Waals surface area contributed by atoms with Gasteiger partial charge in [-0.1, -0.05) is 44.2 Å². The molecule has 0 heterocycles. The van der Waals surface area contributed by atoms with Crippen molar-refractivity contribution in [3.8, 4) is 0 Å². The summed E-state index contributed by atoms with van der Waals surface area (Å²) in [5, 5.41) is 0. The third kappa shape index (κ3) is 3.10. The van der Waals surface area contributed by atoms with E-state index in [2.05, 4.69) is 13.8 Å². The van der Waals surface area contributed by atoms with Gasteiger partial charge >= 0.3 is 5.97 Å². The van der Waals surface area contributed by atoms with Crippen LogP contribution in [-0.2, 0) is 19.7 Å². The van der Waals surface area contributed by atoms with Crippen LogP contribution >= 0.6 is 0 Å². The SMILES string of the molecule is COCC(CC(C)C)(C(=O)OC)c1ccccc1. The van der Waals surface area contributed by atoms with Gasteiger partial charge in [-0.05, 0) is 17.9 Å². The van der Waals surface area contributed by atoms with E-state index >= 15 is 0 Å². The summed E-state index contributed by atoms with van der Waals surface area (Å²) in [4.78, 5) is 12.3. The van der Waals surface area contributed by atoms with E-state index in [-0.39, 0.29) is 5.97 Å². The van der Waals surface area contributed by atoms with E-state index in [0.29, 0.717) is 18.9 Å². The summed E-state index contributed by atoms with van der Waals surface area (Å²) in [6, 6.07) is 9.72. The van der Waals surface area contributed by atoms with Crippen LogP contribution in [0.2, 0.25) is 0 Å². The van der Waals surface area contributed by atoms with E-state index in [0.717, 1.165) is 5.56 Å². The number of benzene rings is 1. The smallest absolute Gasteiger partial charge is 0.318 e. The molecule has 0 aliphatic heterocycles. The van der Waals surface area contributed by atoms with Crippen LogP contribution in [0.4, 0.5) is 0 Å². The molecule has 0 amide bonds. The Morgan fingerprint density at radius 1 is 1.22 bits per heavy atom. The highest BCUT2D eigenvalue weighted by molar-refractivity contribution is 5.83. The number of carbonyl (C=O) groups is 1. The largest absolute Gasteiger partial charge is 0.468 e. The monoisotopic (exact) mass is 250 g/mol. The third-order valence-electron chi connectivity index (χ3n) is 3.05. The van der Waals surface area contributed by atoms with Crippen molar-refractivity contribution < 1.29 is 14.3 Å². The number of esters is 1. The normalized spacial score (nSPS) is 14.3. The lowest BCUT2D eigenvalue weighted by molar-refractivity contribution is -0.150. The fourth-order valence-corrected chi connectivity index (χ4v) is 2.42. The molecule has 1 aromatic rings. The van der Waals surface area contributed by atoms with Crippen molar-refractivity contribution in [3.63, 3.8) is 0 Å². The Kier molecular flexibility index (Phi) is 5.35. The summed E-state index contributed by atoms with van der Waals surface area (Å²) < 4.78 is 10.3. The van der Waals surface area contributed by atoms with Crippen LogP contribution in [0.25, 0.3) is 0 Å². The topological polar surface area (TPSA) is 35.5 Å². The van der Waals surface area contributed by atoms with E-state index < -0.39 is 5.41 Å². The first-order chi connectivity index (χ1) is 8.56. The second-order valence-electron chi connectivity index (χ2n) is 4.97. The number of hydrogen-bond acceptors (Lipinski definition) is 3. The standard InChI is InChI=1S/C15H22O3/c1-12(2)10-15(11-17-3,14(16)18-4)13-8-6-5-7-9-13/h5-9,12H,10-11H2,1-4H3. The summed E-state index contributed by atoms with van der Waals surface area (Å²) >= 11 is 0. The van der Waals surface area contributed by atoms with Gasteiger partial charge in [-0.15, -0.1) is 0 Å². The molecule has 18 heavy (non-hydrogen) atoms. The van der Waals surface area contributed by atoms with Crippen LogP contribution < -0.4 is 0 Å². The van der Waals surface area contributed by atoms with E-state index in [4.69, 9.17) is 9.47 Å². The van der Waals surface area contributed by atoms with Crippen LogP contribution in [0.5, 0.6) is 0 Å². The number of ether oxygens (including phenoxy) is 2. The van der Waals surface area contributed by atoms with Crippen molar-refractivity contribution in [1.29, 1.82) is 0 Å². The molecular formula is C15H22O3. The van der Waals surface area contributed by atoms with E-state index in [1.54, 1.807) is 7.11 Å². The molecule has 0 spiro atoms. The maximum absolute atomic E-state index is 12.3. The highest BCUT2D eigenvalue weighted by Crippen LogP contribution is 2.33. The Morgan fingerprint density at radius 2 is 1.83 bits per heavy atom. The summed E-state index contributed by atoms with van der Waals surface area (Å²) in [6.45, 7) is 4.52. The molecule has 0 aliphatic rings. The highest BCUT2D eigenvalue weighted by Gasteiger charge is 2.42. The second kappa shape index (κ2) is 6.55. The fourth-order valence-electron chi connectivity index (χ4n) is 2.42. The van der Waals surface area contributed by atoms with Crippen molar-refractivity contribution in [1.82, 2.24) is 0 Å². The molecule has 3 heteroatoms. The van der Waals surface area contributed by atoms with E-state index in [1.165, 1.54) is 7.11 Å². The molecular weight excluding hydrogens is 228 g/mol. The van der Waals surface area contributed by atoms with Gasteiger partial charge < -0.3 is 9.47 Å². The molecule has 1 aromatic carbocycles. The average molecular weight is 250 g/mol. The lowest BCUT2D eigenvalue weighted by atomic mass is 9.75. The number of methoxy groups -OCH3 is 2. The summed E-state index contributed by atoms with van der Waals surface area (Å²) in [5.74, 6) is 0.142. The van der Waals surface area contributed by atoms with Gasteiger partial charge in [-0.2, -0.15) is 0 Å². The number of hydrogen-bond donors (Lipinski definition) is 0. The second-order valence-corrected chi connectivity index (χ2v) is 4.97. The Balaban J connectivity index is 3.23. The van der Waals surface area contributed by atoms with Crippen molar-refractivity contribution in [2.45, 2.75) is 25.7 Å². The van der Waals surface area contributed by atoms with Gasteiger partial charge in [0.2, 0.25) is 0 Å². The first-order valence-corrected chi connectivity index (χ1v) is 6.19. The van der Waals surface area contributed by atoms with Gasteiger partial charge in [0.25, 0.3) is 0 Å². The Morgan fingerprint density at radius 3 is 2.28 bits per heavy atom. The minimum absolute atomic E-state index is 0.232. The molecule has 0 saturated heterocycles. The minimum Gasteiger partial charge on any atom is -0.468 e. The molecule has 0 bridgehead atoms. The number of rotatable bonds is 6. The van der Waals surface area contributed by atoms with Crippen LogP contribution in [0.1, 0.15) is 25.8 Å². The fraction of sp³-hybridized carbons (Fsp3) is 0.533. The van der Waals surface area contributed by atoms with Crippen molar-refractivity contribution in [2.75, 3.05) is 20.8 Å². The zero-order valence-electron chi connectivity index (χ0n) is 11.6. The van der Waals surface area contributed by atoms with Crippen LogP contribution in [-0.4, -0.2) is 26.8 Å². The molecule has 0 fully saturated rings. The molecule has 100 valence electrons. The Labute approximate surface area is 109 Å². The molecule has 0 N–H and O–H groups in total. The highest BCUT2D eigenvalue weighted by atomic mass is 16.5. The van der Waals surface area contributed by atoms with Crippen molar-refractivity contribution in [2.24, 2.45) is 5.92 Å². The maximum Gasteiger partial charge on any atom is 0.318 e. The van der Waals surface area contributed by atoms with Crippen LogP contribution in [0.15, 0.2) is 30.3 Å². The first kappa shape index (κ1) is 14.7. The summed E-state index contributed by atoms with van der Waals surface area (Å²) in [6.07, 6.45) is 0.706. The Bertz CT molecular complexity index is 373. The van der Waals surface area contributed by atoms with Crippen LogP contribution in [0, 0.1) is 5.92 Å². The zero-order valence-corrected chi connectivity index (χ0v) is 11.6. The lowest BCUT2D eigenvalue weighted by Gasteiger charge is -2.32. The summed E-state index contributed by atoms with van der Waals surface area (Å²) in [5.41, 5.74) is 0.242. The maximum atomic E-state index is 12.3. The Hall–Kier alpha value is -1.35. The molecule has 0 aliphatic carbocycles. The molecule has 0 radical (unpaired) electrons. The lowest BCUT2D eigenvalue weighted by Crippen LogP contribution is -2.42. The quantitative estimate of drug-likeness (QED) is 0.728. The molecule has 1 unspecified atom stereocenters. The molecule has 1 rings (SSSR count). The van der Waals surface area contributed by atoms with E-state index in [1.807, 2.05) is 30.3 Å². The van der Waals surface area contributed by atoms with Gasteiger partial charge in [-0.3, -0.25) is 4.79 Å². The van der Waals surface area contributed by atoms with Gasteiger partial charge in [0.15, 0.2) is 0 Å². The molecule has 3 nitrogen and oxygen atoms in total. The van der Waals surface area contributed by atoms with Crippen molar-refractivity contribution in [3.05, 3.63) is 35.9 Å². The molecule has 1 atom stereocenters. The number of carbonyl (C=O) groups excluding carboxylic acids is 1. The third-order valence-corrected chi connectivity index (χ3v) is 3.05. The van der Waals surface area contributed by atoms with Gasteiger partial charge in [0, 0.05) is 7.11 Å². The van der Waals surface area contributed by atoms with Gasteiger partial charge in [0.05, 0.1) is 13.7 Å². The van der Waals surface area contributed by atoms with Crippen molar-refractivity contribution >= 4 is 5.97 Å². The predicted molar refractivity (Wildman–Crippen MR) is 71.5 cm³/mol. The first-order valence-electron chi connectivity index (χ1n) is 6.19.